The van der Waals surface area contributed by atoms with Crippen LogP contribution in [0.25, 0.3) is 0 Å². The quantitative estimate of drug-likeness (QED) is 0.743. The molecule has 6 nitrogen and oxygen atoms in total. The van der Waals surface area contributed by atoms with Crippen LogP contribution in [0.2, 0.25) is 0 Å². The molecule has 0 saturated carbocycles. The van der Waals surface area contributed by atoms with E-state index in [1.54, 1.807) is 12.1 Å². The molecule has 1 heterocycles. The molecule has 2 rings (SSSR count). The Balaban J connectivity index is 0.00000364. The molecule has 1 aliphatic rings. The van der Waals surface area contributed by atoms with Crippen LogP contribution >= 0.6 is 12.4 Å². The van der Waals surface area contributed by atoms with Gasteiger partial charge in [0.25, 0.3) is 0 Å². The van der Waals surface area contributed by atoms with Crippen molar-refractivity contribution < 1.29 is 13.2 Å². The summed E-state index contributed by atoms with van der Waals surface area (Å²) in [5, 5.41) is 2.86. The van der Waals surface area contributed by atoms with Crippen LogP contribution in [0.4, 0.5) is 0 Å². The van der Waals surface area contributed by atoms with Crippen LogP contribution in [0.3, 0.4) is 0 Å². The van der Waals surface area contributed by atoms with Crippen molar-refractivity contribution in [1.82, 2.24) is 9.62 Å². The summed E-state index contributed by atoms with van der Waals surface area (Å²) in [5.41, 5.74) is 6.54. The fourth-order valence-corrected chi connectivity index (χ4v) is 4.46. The number of nitrogens with two attached hydrogens (primary N) is 1. The second kappa shape index (κ2) is 9.37. The number of carbonyl (C=O) groups is 1. The molecular formula is C19H32ClN3O3S. The Kier molecular flexibility index (Phi) is 8.29. The number of amides is 1. The van der Waals surface area contributed by atoms with Gasteiger partial charge >= 0.3 is 0 Å². The highest BCUT2D eigenvalue weighted by Crippen LogP contribution is 2.25. The Morgan fingerprint density at radius 3 is 2.19 bits per heavy atom. The Hall–Kier alpha value is -1.15. The van der Waals surface area contributed by atoms with E-state index in [9.17, 15) is 13.2 Å². The number of sulfonamides is 1. The summed E-state index contributed by atoms with van der Waals surface area (Å²) in [6, 6.07) is 7.08. The van der Waals surface area contributed by atoms with Gasteiger partial charge in [-0.1, -0.05) is 26.0 Å². The predicted octanol–water partition coefficient (Wildman–Crippen LogP) is 2.49. The SMILES string of the molecule is CC(C)c1ccc(S(=O)(=O)N2CCC(C(=O)NCC(C)(C)N)CC2)cc1.Cl. The molecule has 1 saturated heterocycles. The molecule has 0 aliphatic carbocycles. The Morgan fingerprint density at radius 2 is 1.74 bits per heavy atom. The molecular weight excluding hydrogens is 386 g/mol. The number of hydrogen-bond donors (Lipinski definition) is 2. The van der Waals surface area contributed by atoms with Gasteiger partial charge in [0.05, 0.1) is 4.90 Å². The maximum atomic E-state index is 12.8. The third-order valence-corrected chi connectivity index (χ3v) is 6.64. The lowest BCUT2D eigenvalue weighted by Crippen LogP contribution is -2.48. The van der Waals surface area contributed by atoms with Gasteiger partial charge in [0.15, 0.2) is 0 Å². The van der Waals surface area contributed by atoms with E-state index in [0.29, 0.717) is 43.3 Å². The van der Waals surface area contributed by atoms with Gasteiger partial charge in [0.1, 0.15) is 0 Å². The van der Waals surface area contributed by atoms with E-state index in [1.165, 1.54) is 4.31 Å². The number of nitrogens with one attached hydrogen (secondary N) is 1. The molecule has 0 bridgehead atoms. The maximum absolute atomic E-state index is 12.8. The first-order chi connectivity index (χ1) is 12.0. The normalized spacial score (nSPS) is 16.8. The summed E-state index contributed by atoms with van der Waals surface area (Å²) in [6.45, 7) is 8.99. The lowest BCUT2D eigenvalue weighted by Gasteiger charge is -2.31. The number of nitrogens with zero attached hydrogens (tertiary/aromatic N) is 1. The highest BCUT2D eigenvalue weighted by Gasteiger charge is 2.32. The van der Waals surface area contributed by atoms with Gasteiger partial charge in [-0.25, -0.2) is 8.42 Å². The van der Waals surface area contributed by atoms with Crippen molar-refractivity contribution in [2.45, 2.75) is 56.9 Å². The van der Waals surface area contributed by atoms with E-state index >= 15 is 0 Å². The van der Waals surface area contributed by atoms with Gasteiger partial charge in [-0.05, 0) is 50.3 Å². The van der Waals surface area contributed by atoms with Crippen LogP contribution in [0.5, 0.6) is 0 Å². The average molecular weight is 418 g/mol. The van der Waals surface area contributed by atoms with Gasteiger partial charge in [0, 0.05) is 31.1 Å². The van der Waals surface area contributed by atoms with Crippen molar-refractivity contribution >= 4 is 28.3 Å². The zero-order valence-corrected chi connectivity index (χ0v) is 18.2. The highest BCUT2D eigenvalue weighted by molar-refractivity contribution is 7.89. The van der Waals surface area contributed by atoms with E-state index in [2.05, 4.69) is 19.2 Å². The van der Waals surface area contributed by atoms with Gasteiger partial charge < -0.3 is 11.1 Å². The molecule has 0 atom stereocenters. The number of benzene rings is 1. The summed E-state index contributed by atoms with van der Waals surface area (Å²) < 4.78 is 27.1. The van der Waals surface area contributed by atoms with Crippen LogP contribution < -0.4 is 11.1 Å². The van der Waals surface area contributed by atoms with Crippen molar-refractivity contribution in [3.05, 3.63) is 29.8 Å². The van der Waals surface area contributed by atoms with Gasteiger partial charge in [-0.15, -0.1) is 12.4 Å². The van der Waals surface area contributed by atoms with Crippen molar-refractivity contribution in [3.8, 4) is 0 Å². The predicted molar refractivity (Wildman–Crippen MR) is 111 cm³/mol. The Bertz CT molecular complexity index is 720. The zero-order valence-electron chi connectivity index (χ0n) is 16.6. The summed E-state index contributed by atoms with van der Waals surface area (Å²) in [5.74, 6) is 0.161. The van der Waals surface area contributed by atoms with Crippen molar-refractivity contribution in [2.24, 2.45) is 11.7 Å². The van der Waals surface area contributed by atoms with E-state index in [1.807, 2.05) is 26.0 Å². The van der Waals surface area contributed by atoms with Crippen molar-refractivity contribution in [1.29, 1.82) is 0 Å². The van der Waals surface area contributed by atoms with E-state index < -0.39 is 15.6 Å². The van der Waals surface area contributed by atoms with Gasteiger partial charge in [0.2, 0.25) is 15.9 Å². The minimum Gasteiger partial charge on any atom is -0.354 e. The van der Waals surface area contributed by atoms with Crippen molar-refractivity contribution in [3.63, 3.8) is 0 Å². The standard InChI is InChI=1S/C19H31N3O3S.ClH/c1-14(2)15-5-7-17(8-6-15)26(24,25)22-11-9-16(10-12-22)18(23)21-13-19(3,4)20;/h5-8,14,16H,9-13,20H2,1-4H3,(H,21,23);1H. The molecule has 1 amide bonds. The van der Waals surface area contributed by atoms with Crippen LogP contribution in [-0.4, -0.2) is 43.8 Å². The summed E-state index contributed by atoms with van der Waals surface area (Å²) in [7, 11) is -3.51. The molecule has 0 radical (unpaired) electrons. The number of halogens is 1. The van der Waals surface area contributed by atoms with E-state index in [-0.39, 0.29) is 24.2 Å². The minimum atomic E-state index is -3.51. The first-order valence-electron chi connectivity index (χ1n) is 9.17. The molecule has 1 aromatic carbocycles. The second-order valence-electron chi connectivity index (χ2n) is 8.11. The monoisotopic (exact) mass is 417 g/mol. The van der Waals surface area contributed by atoms with Crippen LogP contribution in [0, 0.1) is 5.92 Å². The molecule has 1 aromatic rings. The number of rotatable bonds is 6. The largest absolute Gasteiger partial charge is 0.354 e. The lowest BCUT2D eigenvalue weighted by molar-refractivity contribution is -0.126. The van der Waals surface area contributed by atoms with Crippen LogP contribution in [0.1, 0.15) is 52.0 Å². The van der Waals surface area contributed by atoms with E-state index in [4.69, 9.17) is 5.73 Å². The van der Waals surface area contributed by atoms with Gasteiger partial charge in [-0.3, -0.25) is 4.79 Å². The zero-order chi connectivity index (χ0) is 19.5. The average Bonchev–Trinajstić information content (AvgIpc) is 2.59. The Labute approximate surface area is 169 Å². The molecule has 1 fully saturated rings. The van der Waals surface area contributed by atoms with Gasteiger partial charge in [-0.2, -0.15) is 4.31 Å². The van der Waals surface area contributed by atoms with Crippen LogP contribution in [-0.2, 0) is 14.8 Å². The molecule has 8 heteroatoms. The fraction of sp³-hybridized carbons (Fsp3) is 0.632. The molecule has 0 aromatic heterocycles. The Morgan fingerprint density at radius 1 is 1.22 bits per heavy atom. The first-order valence-corrected chi connectivity index (χ1v) is 10.6. The second-order valence-corrected chi connectivity index (χ2v) is 10.0. The number of hydrogen-bond acceptors (Lipinski definition) is 4. The smallest absolute Gasteiger partial charge is 0.243 e. The van der Waals surface area contributed by atoms with Crippen molar-refractivity contribution in [2.75, 3.05) is 19.6 Å². The molecule has 3 N–H and O–H groups in total. The number of piperidine rings is 1. The molecule has 27 heavy (non-hydrogen) atoms. The minimum absolute atomic E-state index is 0. The molecule has 154 valence electrons. The lowest BCUT2D eigenvalue weighted by atomic mass is 9.96. The fourth-order valence-electron chi connectivity index (χ4n) is 2.99. The third kappa shape index (κ3) is 6.45. The topological polar surface area (TPSA) is 92.5 Å². The summed E-state index contributed by atoms with van der Waals surface area (Å²) in [6.07, 6.45) is 1.06. The molecule has 1 aliphatic heterocycles. The van der Waals surface area contributed by atoms with Crippen LogP contribution in [0.15, 0.2) is 29.2 Å². The highest BCUT2D eigenvalue weighted by atomic mass is 35.5. The summed E-state index contributed by atoms with van der Waals surface area (Å²) in [4.78, 5) is 12.6. The summed E-state index contributed by atoms with van der Waals surface area (Å²) >= 11 is 0. The molecule has 0 spiro atoms. The maximum Gasteiger partial charge on any atom is 0.243 e. The number of carbonyl (C=O) groups excluding carboxylic acids is 1. The van der Waals surface area contributed by atoms with E-state index in [0.717, 1.165) is 5.56 Å². The first kappa shape index (κ1) is 23.9. The third-order valence-electron chi connectivity index (χ3n) is 4.73. The molecule has 0 unspecified atom stereocenters.